The van der Waals surface area contributed by atoms with Crippen LogP contribution in [0.2, 0.25) is 0 Å². The summed E-state index contributed by atoms with van der Waals surface area (Å²) < 4.78 is 29.2. The highest BCUT2D eigenvalue weighted by atomic mass is 19.3. The Bertz CT molecular complexity index is 997. The average molecular weight is 438 g/mol. The third kappa shape index (κ3) is 7.19. The molecule has 2 amide bonds. The van der Waals surface area contributed by atoms with E-state index in [2.05, 4.69) is 15.4 Å². The Labute approximate surface area is 185 Å². The van der Waals surface area contributed by atoms with Crippen LogP contribution >= 0.6 is 0 Å². The molecule has 0 bridgehead atoms. The number of amides is 2. The summed E-state index contributed by atoms with van der Waals surface area (Å²) in [5, 5.41) is 5.71. The quantitative estimate of drug-likeness (QED) is 0.498. The first-order chi connectivity index (χ1) is 15.5. The van der Waals surface area contributed by atoms with Gasteiger partial charge in [0, 0.05) is 13.0 Å². The molecule has 166 valence electrons. The fourth-order valence-electron chi connectivity index (χ4n) is 3.24. The van der Waals surface area contributed by atoms with Crippen LogP contribution in [0.25, 0.3) is 0 Å². The van der Waals surface area contributed by atoms with Crippen molar-refractivity contribution in [1.82, 2.24) is 10.6 Å². The smallest absolute Gasteiger partial charge is 0.387 e. The van der Waals surface area contributed by atoms with Crippen LogP contribution in [-0.4, -0.2) is 25.0 Å². The van der Waals surface area contributed by atoms with E-state index in [1.54, 1.807) is 12.1 Å². The number of carbonyl (C=O) groups excluding carboxylic acids is 2. The Morgan fingerprint density at radius 1 is 0.781 bits per heavy atom. The molecule has 1 atom stereocenters. The van der Waals surface area contributed by atoms with Gasteiger partial charge in [0.1, 0.15) is 5.75 Å². The summed E-state index contributed by atoms with van der Waals surface area (Å²) in [5.74, 6) is -0.354. The van der Waals surface area contributed by atoms with Crippen LogP contribution < -0.4 is 15.4 Å². The van der Waals surface area contributed by atoms with E-state index in [-0.39, 0.29) is 37.0 Å². The summed E-state index contributed by atoms with van der Waals surface area (Å²) in [6, 6.07) is 24.4. The molecule has 0 fully saturated rings. The first kappa shape index (κ1) is 22.9. The van der Waals surface area contributed by atoms with Gasteiger partial charge in [-0.15, -0.1) is 0 Å². The van der Waals surface area contributed by atoms with E-state index in [9.17, 15) is 18.4 Å². The van der Waals surface area contributed by atoms with Crippen LogP contribution in [0, 0.1) is 0 Å². The Hall–Kier alpha value is -3.74. The standard InChI is InChI=1S/C25H24F2N2O3/c26-25(27)32-21-13-11-20(12-14-21)24(19-9-5-2-6-10-19)29-22(30)15-16-28-23(31)17-18-7-3-1-4-8-18/h1-14,24-25H,15-17H2,(H,28,31)(H,29,30). The maximum Gasteiger partial charge on any atom is 0.387 e. The van der Waals surface area contributed by atoms with Crippen LogP contribution in [0.3, 0.4) is 0 Å². The van der Waals surface area contributed by atoms with Crippen molar-refractivity contribution in [3.63, 3.8) is 0 Å². The minimum atomic E-state index is -2.90. The van der Waals surface area contributed by atoms with Crippen LogP contribution in [-0.2, 0) is 16.0 Å². The molecule has 1 unspecified atom stereocenters. The summed E-state index contributed by atoms with van der Waals surface area (Å²) in [7, 11) is 0. The van der Waals surface area contributed by atoms with Gasteiger partial charge in [-0.05, 0) is 28.8 Å². The lowest BCUT2D eigenvalue weighted by Gasteiger charge is -2.20. The number of ether oxygens (including phenoxy) is 1. The fourth-order valence-corrected chi connectivity index (χ4v) is 3.24. The van der Waals surface area contributed by atoms with Crippen molar-refractivity contribution in [2.24, 2.45) is 0 Å². The van der Waals surface area contributed by atoms with Gasteiger partial charge < -0.3 is 15.4 Å². The average Bonchev–Trinajstić information content (AvgIpc) is 2.79. The second-order valence-corrected chi connectivity index (χ2v) is 7.12. The number of hydrogen-bond donors (Lipinski definition) is 2. The highest BCUT2D eigenvalue weighted by Crippen LogP contribution is 2.25. The maximum atomic E-state index is 12.6. The summed E-state index contributed by atoms with van der Waals surface area (Å²) in [6.07, 6.45) is 0.360. The third-order valence-corrected chi connectivity index (χ3v) is 4.76. The molecule has 2 N–H and O–H groups in total. The van der Waals surface area contributed by atoms with Crippen molar-refractivity contribution < 1.29 is 23.1 Å². The molecule has 32 heavy (non-hydrogen) atoms. The topological polar surface area (TPSA) is 67.4 Å². The molecule has 3 aromatic rings. The molecule has 0 radical (unpaired) electrons. The largest absolute Gasteiger partial charge is 0.435 e. The molecular formula is C25H24F2N2O3. The normalized spacial score (nSPS) is 11.6. The maximum absolute atomic E-state index is 12.6. The molecule has 3 rings (SSSR count). The number of rotatable bonds is 10. The second-order valence-electron chi connectivity index (χ2n) is 7.12. The summed E-state index contributed by atoms with van der Waals surface area (Å²) in [5.41, 5.74) is 2.47. The molecule has 0 saturated heterocycles. The van der Waals surface area contributed by atoms with Gasteiger partial charge in [-0.3, -0.25) is 9.59 Å². The molecule has 0 spiro atoms. The van der Waals surface area contributed by atoms with Gasteiger partial charge in [-0.1, -0.05) is 72.8 Å². The Balaban J connectivity index is 1.58. The monoisotopic (exact) mass is 438 g/mol. The molecular weight excluding hydrogens is 414 g/mol. The van der Waals surface area contributed by atoms with Crippen LogP contribution in [0.5, 0.6) is 5.75 Å². The van der Waals surface area contributed by atoms with E-state index >= 15 is 0 Å². The Morgan fingerprint density at radius 2 is 1.38 bits per heavy atom. The number of carbonyl (C=O) groups is 2. The zero-order chi connectivity index (χ0) is 22.8. The van der Waals surface area contributed by atoms with Gasteiger partial charge in [0.15, 0.2) is 0 Å². The van der Waals surface area contributed by atoms with Gasteiger partial charge in [-0.2, -0.15) is 8.78 Å². The lowest BCUT2D eigenvalue weighted by molar-refractivity contribution is -0.122. The van der Waals surface area contributed by atoms with Crippen molar-refractivity contribution in [3.05, 3.63) is 102 Å². The first-order valence-electron chi connectivity index (χ1n) is 10.2. The van der Waals surface area contributed by atoms with Gasteiger partial charge in [0.05, 0.1) is 12.5 Å². The van der Waals surface area contributed by atoms with E-state index in [4.69, 9.17) is 0 Å². The zero-order valence-corrected chi connectivity index (χ0v) is 17.3. The van der Waals surface area contributed by atoms with E-state index in [0.29, 0.717) is 0 Å². The minimum absolute atomic E-state index is 0.0445. The molecule has 0 aliphatic rings. The summed E-state index contributed by atoms with van der Waals surface area (Å²) >= 11 is 0. The van der Waals surface area contributed by atoms with Gasteiger partial charge in [0.25, 0.3) is 0 Å². The van der Waals surface area contributed by atoms with Crippen molar-refractivity contribution in [2.45, 2.75) is 25.5 Å². The van der Waals surface area contributed by atoms with Crippen LogP contribution in [0.1, 0.15) is 29.2 Å². The minimum Gasteiger partial charge on any atom is -0.435 e. The number of benzene rings is 3. The molecule has 5 nitrogen and oxygen atoms in total. The predicted molar refractivity (Wildman–Crippen MR) is 117 cm³/mol. The second kappa shape index (κ2) is 11.6. The number of hydrogen-bond acceptors (Lipinski definition) is 3. The predicted octanol–water partition coefficient (Wildman–Crippen LogP) is 4.24. The van der Waals surface area contributed by atoms with Crippen molar-refractivity contribution >= 4 is 11.8 Å². The van der Waals surface area contributed by atoms with Gasteiger partial charge in [0.2, 0.25) is 11.8 Å². The van der Waals surface area contributed by atoms with Gasteiger partial charge in [-0.25, -0.2) is 0 Å². The molecule has 0 saturated carbocycles. The van der Waals surface area contributed by atoms with E-state index in [1.165, 1.54) is 12.1 Å². The lowest BCUT2D eigenvalue weighted by Crippen LogP contribution is -2.33. The zero-order valence-electron chi connectivity index (χ0n) is 17.3. The van der Waals surface area contributed by atoms with Crippen LogP contribution in [0.15, 0.2) is 84.9 Å². The highest BCUT2D eigenvalue weighted by molar-refractivity contribution is 5.80. The van der Waals surface area contributed by atoms with E-state index in [0.717, 1.165) is 16.7 Å². The van der Waals surface area contributed by atoms with Crippen molar-refractivity contribution in [2.75, 3.05) is 6.54 Å². The fraction of sp³-hybridized carbons (Fsp3) is 0.200. The summed E-state index contributed by atoms with van der Waals surface area (Å²) in [4.78, 5) is 24.6. The number of halogens is 2. The first-order valence-corrected chi connectivity index (χ1v) is 10.2. The molecule has 0 aliphatic heterocycles. The lowest BCUT2D eigenvalue weighted by atomic mass is 9.98. The molecule has 3 aromatic carbocycles. The van der Waals surface area contributed by atoms with Crippen molar-refractivity contribution in [3.8, 4) is 5.75 Å². The Kier molecular flexibility index (Phi) is 8.31. The van der Waals surface area contributed by atoms with E-state index < -0.39 is 12.7 Å². The third-order valence-electron chi connectivity index (χ3n) is 4.76. The Morgan fingerprint density at radius 3 is 2.00 bits per heavy atom. The number of nitrogens with one attached hydrogen (secondary N) is 2. The molecule has 0 aliphatic carbocycles. The molecule has 7 heteroatoms. The van der Waals surface area contributed by atoms with E-state index in [1.807, 2.05) is 60.7 Å². The molecule has 0 aromatic heterocycles. The van der Waals surface area contributed by atoms with Gasteiger partial charge >= 0.3 is 6.61 Å². The van der Waals surface area contributed by atoms with Crippen LogP contribution in [0.4, 0.5) is 8.78 Å². The van der Waals surface area contributed by atoms with Crippen molar-refractivity contribution in [1.29, 1.82) is 0 Å². The SMILES string of the molecule is O=C(Cc1ccccc1)NCCC(=O)NC(c1ccccc1)c1ccc(OC(F)F)cc1. The number of alkyl halides is 2. The highest BCUT2D eigenvalue weighted by Gasteiger charge is 2.17. The molecule has 0 heterocycles. The summed E-state index contributed by atoms with van der Waals surface area (Å²) in [6.45, 7) is -2.69.